The fourth-order valence-electron chi connectivity index (χ4n) is 2.99. The highest BCUT2D eigenvalue weighted by atomic mass is 16.2. The van der Waals surface area contributed by atoms with Gasteiger partial charge >= 0.3 is 0 Å². The van der Waals surface area contributed by atoms with Crippen molar-refractivity contribution in [2.75, 3.05) is 25.0 Å². The lowest BCUT2D eigenvalue weighted by molar-refractivity contribution is -0.128. The molecule has 1 aliphatic rings. The van der Waals surface area contributed by atoms with Crippen molar-refractivity contribution in [2.45, 2.75) is 33.6 Å². The number of nitrogens with one attached hydrogen (secondary N) is 2. The van der Waals surface area contributed by atoms with Crippen molar-refractivity contribution in [1.29, 1.82) is 0 Å². The number of carbonyl (C=O) groups excluding carboxylic acids is 3. The lowest BCUT2D eigenvalue weighted by atomic mass is 9.94. The second-order valence-electron chi connectivity index (χ2n) is 7.99. The zero-order chi connectivity index (χ0) is 20.0. The highest BCUT2D eigenvalue weighted by Gasteiger charge is 2.26. The average Bonchev–Trinajstić information content (AvgIpc) is 2.65. The minimum atomic E-state index is -0.410. The Bertz CT molecular complexity index is 704. The zero-order valence-corrected chi connectivity index (χ0v) is 16.4. The molecule has 1 unspecified atom stereocenters. The SMILES string of the molecule is C=CC(=O)Nc1ccc(C(=O)N2CCCC(CNC(=O)C(C)(C)C)C2)cc1. The third kappa shape index (κ3) is 5.94. The van der Waals surface area contributed by atoms with E-state index in [0.717, 1.165) is 19.4 Å². The van der Waals surface area contributed by atoms with E-state index in [9.17, 15) is 14.4 Å². The number of amides is 3. The van der Waals surface area contributed by atoms with E-state index in [1.807, 2.05) is 25.7 Å². The number of hydrogen-bond acceptors (Lipinski definition) is 3. The van der Waals surface area contributed by atoms with Gasteiger partial charge in [-0.05, 0) is 49.1 Å². The topological polar surface area (TPSA) is 78.5 Å². The third-order valence-electron chi connectivity index (χ3n) is 4.62. The quantitative estimate of drug-likeness (QED) is 0.781. The summed E-state index contributed by atoms with van der Waals surface area (Å²) >= 11 is 0. The second kappa shape index (κ2) is 8.84. The van der Waals surface area contributed by atoms with Gasteiger partial charge < -0.3 is 15.5 Å². The number of anilines is 1. The molecule has 0 saturated carbocycles. The smallest absolute Gasteiger partial charge is 0.253 e. The molecule has 1 heterocycles. The van der Waals surface area contributed by atoms with E-state index in [1.54, 1.807) is 24.3 Å². The fraction of sp³-hybridized carbons (Fsp3) is 0.476. The van der Waals surface area contributed by atoms with Crippen molar-refractivity contribution < 1.29 is 14.4 Å². The Balaban J connectivity index is 1.93. The minimum absolute atomic E-state index is 0.0246. The van der Waals surface area contributed by atoms with Crippen LogP contribution in [0.5, 0.6) is 0 Å². The van der Waals surface area contributed by atoms with Crippen LogP contribution in [0.1, 0.15) is 44.0 Å². The molecule has 0 aliphatic carbocycles. The predicted octanol–water partition coefficient (Wildman–Crippen LogP) is 2.83. The van der Waals surface area contributed by atoms with E-state index in [0.29, 0.717) is 24.3 Å². The van der Waals surface area contributed by atoms with Gasteiger partial charge in [-0.3, -0.25) is 14.4 Å². The minimum Gasteiger partial charge on any atom is -0.355 e. The number of rotatable bonds is 5. The summed E-state index contributed by atoms with van der Waals surface area (Å²) in [7, 11) is 0. The number of carbonyl (C=O) groups is 3. The molecule has 6 nitrogen and oxygen atoms in total. The highest BCUT2D eigenvalue weighted by molar-refractivity contribution is 5.99. The van der Waals surface area contributed by atoms with Crippen LogP contribution in [-0.2, 0) is 9.59 Å². The first-order valence-corrected chi connectivity index (χ1v) is 9.32. The summed E-state index contributed by atoms with van der Waals surface area (Å²) in [6.07, 6.45) is 3.13. The third-order valence-corrected chi connectivity index (χ3v) is 4.62. The number of hydrogen-bond donors (Lipinski definition) is 2. The van der Waals surface area contributed by atoms with E-state index in [-0.39, 0.29) is 23.6 Å². The summed E-state index contributed by atoms with van der Waals surface area (Å²) in [5, 5.41) is 5.66. The van der Waals surface area contributed by atoms with Crippen LogP contribution in [0.2, 0.25) is 0 Å². The molecule has 3 amide bonds. The molecule has 1 aliphatic heterocycles. The molecule has 1 fully saturated rings. The van der Waals surface area contributed by atoms with Gasteiger partial charge in [0, 0.05) is 36.3 Å². The lowest BCUT2D eigenvalue weighted by Gasteiger charge is -2.33. The van der Waals surface area contributed by atoms with Gasteiger partial charge in [0.25, 0.3) is 5.91 Å². The monoisotopic (exact) mass is 371 g/mol. The number of likely N-dealkylation sites (tertiary alicyclic amines) is 1. The molecular weight excluding hydrogens is 342 g/mol. The summed E-state index contributed by atoms with van der Waals surface area (Å²) in [5.41, 5.74) is 0.802. The molecule has 1 saturated heterocycles. The predicted molar refractivity (Wildman–Crippen MR) is 106 cm³/mol. The zero-order valence-electron chi connectivity index (χ0n) is 16.4. The molecule has 27 heavy (non-hydrogen) atoms. The van der Waals surface area contributed by atoms with E-state index < -0.39 is 5.41 Å². The summed E-state index contributed by atoms with van der Waals surface area (Å²) in [4.78, 5) is 38.0. The summed E-state index contributed by atoms with van der Waals surface area (Å²) < 4.78 is 0. The Kier molecular flexibility index (Phi) is 6.77. The Morgan fingerprint density at radius 1 is 1.22 bits per heavy atom. The Labute approximate surface area is 161 Å². The maximum Gasteiger partial charge on any atom is 0.253 e. The van der Waals surface area contributed by atoms with Gasteiger partial charge in [0.2, 0.25) is 11.8 Å². The largest absolute Gasteiger partial charge is 0.355 e. The van der Waals surface area contributed by atoms with E-state index in [1.165, 1.54) is 6.08 Å². The average molecular weight is 371 g/mol. The van der Waals surface area contributed by atoms with Crippen LogP contribution in [0, 0.1) is 11.3 Å². The van der Waals surface area contributed by atoms with Crippen LogP contribution < -0.4 is 10.6 Å². The first kappa shape index (κ1) is 20.7. The standard InChI is InChI=1S/C21H29N3O3/c1-5-18(25)23-17-10-8-16(9-11-17)19(26)24-12-6-7-15(14-24)13-22-20(27)21(2,3)4/h5,8-11,15H,1,6-7,12-14H2,2-4H3,(H,22,27)(H,23,25). The van der Waals surface area contributed by atoms with Gasteiger partial charge in [0.1, 0.15) is 0 Å². The Morgan fingerprint density at radius 2 is 1.89 bits per heavy atom. The summed E-state index contributed by atoms with van der Waals surface area (Å²) in [6, 6.07) is 6.84. The van der Waals surface area contributed by atoms with Crippen LogP contribution in [0.25, 0.3) is 0 Å². The van der Waals surface area contributed by atoms with Gasteiger partial charge in [-0.1, -0.05) is 27.4 Å². The van der Waals surface area contributed by atoms with Crippen molar-refractivity contribution >= 4 is 23.4 Å². The molecule has 0 spiro atoms. The van der Waals surface area contributed by atoms with Crippen LogP contribution in [0.4, 0.5) is 5.69 Å². The number of nitrogens with zero attached hydrogens (tertiary/aromatic N) is 1. The highest BCUT2D eigenvalue weighted by Crippen LogP contribution is 2.20. The van der Waals surface area contributed by atoms with Gasteiger partial charge in [0.15, 0.2) is 0 Å². The van der Waals surface area contributed by atoms with Crippen LogP contribution >= 0.6 is 0 Å². The van der Waals surface area contributed by atoms with Gasteiger partial charge in [0.05, 0.1) is 0 Å². The van der Waals surface area contributed by atoms with Gasteiger partial charge in [-0.15, -0.1) is 0 Å². The van der Waals surface area contributed by atoms with Crippen LogP contribution in [-0.4, -0.2) is 42.3 Å². The maximum atomic E-state index is 12.8. The van der Waals surface area contributed by atoms with Crippen molar-refractivity contribution in [3.05, 3.63) is 42.5 Å². The molecule has 6 heteroatoms. The normalized spacial score (nSPS) is 17.1. The Morgan fingerprint density at radius 3 is 2.48 bits per heavy atom. The van der Waals surface area contributed by atoms with Crippen molar-refractivity contribution in [3.8, 4) is 0 Å². The molecule has 146 valence electrons. The van der Waals surface area contributed by atoms with Crippen molar-refractivity contribution in [3.63, 3.8) is 0 Å². The number of piperidine rings is 1. The van der Waals surface area contributed by atoms with Gasteiger partial charge in [-0.25, -0.2) is 0 Å². The lowest BCUT2D eigenvalue weighted by Crippen LogP contribution is -2.45. The molecule has 0 aromatic heterocycles. The molecule has 0 radical (unpaired) electrons. The van der Waals surface area contributed by atoms with Crippen LogP contribution in [0.15, 0.2) is 36.9 Å². The number of benzene rings is 1. The fourth-order valence-corrected chi connectivity index (χ4v) is 2.99. The molecule has 1 atom stereocenters. The van der Waals surface area contributed by atoms with E-state index >= 15 is 0 Å². The van der Waals surface area contributed by atoms with Crippen molar-refractivity contribution in [1.82, 2.24) is 10.2 Å². The van der Waals surface area contributed by atoms with E-state index in [4.69, 9.17) is 0 Å². The molecule has 0 bridgehead atoms. The van der Waals surface area contributed by atoms with Crippen LogP contribution in [0.3, 0.4) is 0 Å². The molecule has 1 aromatic rings. The van der Waals surface area contributed by atoms with Gasteiger partial charge in [-0.2, -0.15) is 0 Å². The summed E-state index contributed by atoms with van der Waals surface area (Å²) in [6.45, 7) is 11.0. The summed E-state index contributed by atoms with van der Waals surface area (Å²) in [5.74, 6) is -0.0167. The first-order chi connectivity index (χ1) is 12.7. The Hall–Kier alpha value is -2.63. The second-order valence-corrected chi connectivity index (χ2v) is 7.99. The molecular formula is C21H29N3O3. The maximum absolute atomic E-state index is 12.8. The van der Waals surface area contributed by atoms with E-state index in [2.05, 4.69) is 17.2 Å². The molecule has 2 N–H and O–H groups in total. The molecule has 2 rings (SSSR count). The van der Waals surface area contributed by atoms with Crippen molar-refractivity contribution in [2.24, 2.45) is 11.3 Å². The first-order valence-electron chi connectivity index (χ1n) is 9.32. The molecule has 1 aromatic carbocycles.